The average molecular weight is 278 g/mol. The van der Waals surface area contributed by atoms with E-state index in [1.165, 1.54) is 0 Å². The van der Waals surface area contributed by atoms with Crippen molar-refractivity contribution in [2.45, 2.75) is 24.9 Å². The molecule has 1 aromatic rings. The first-order valence-corrected chi connectivity index (χ1v) is 6.10. The molecular formula is C13H18N4O3. The second-order valence-electron chi connectivity index (χ2n) is 4.37. The van der Waals surface area contributed by atoms with Crippen LogP contribution in [0.3, 0.4) is 0 Å². The Bertz CT molecular complexity index is 490. The van der Waals surface area contributed by atoms with E-state index in [-0.39, 0.29) is 12.8 Å². The lowest BCUT2D eigenvalue weighted by Gasteiger charge is -2.18. The molecule has 0 heterocycles. The van der Waals surface area contributed by atoms with Crippen LogP contribution in [0.2, 0.25) is 0 Å². The largest absolute Gasteiger partial charge is 0.370 e. The molecule has 0 fully saturated rings. The van der Waals surface area contributed by atoms with E-state index in [1.54, 1.807) is 30.3 Å². The summed E-state index contributed by atoms with van der Waals surface area (Å²) in [6, 6.07) is 6.70. The van der Waals surface area contributed by atoms with Gasteiger partial charge in [-0.3, -0.25) is 14.4 Å². The van der Waals surface area contributed by atoms with Crippen molar-refractivity contribution in [3.05, 3.63) is 35.9 Å². The van der Waals surface area contributed by atoms with Gasteiger partial charge in [0.1, 0.15) is 6.04 Å². The van der Waals surface area contributed by atoms with Crippen LogP contribution in [0.15, 0.2) is 30.3 Å². The second kappa shape index (κ2) is 7.25. The van der Waals surface area contributed by atoms with E-state index in [9.17, 15) is 14.4 Å². The summed E-state index contributed by atoms with van der Waals surface area (Å²) in [6.45, 7) is 0. The van der Waals surface area contributed by atoms with Gasteiger partial charge in [0.2, 0.25) is 17.7 Å². The summed E-state index contributed by atoms with van der Waals surface area (Å²) in [4.78, 5) is 33.9. The van der Waals surface area contributed by atoms with Gasteiger partial charge >= 0.3 is 0 Å². The van der Waals surface area contributed by atoms with Crippen LogP contribution in [0, 0.1) is 0 Å². The fourth-order valence-electron chi connectivity index (χ4n) is 1.64. The second-order valence-corrected chi connectivity index (χ2v) is 4.37. The first kappa shape index (κ1) is 15.6. The quantitative estimate of drug-likeness (QED) is 0.503. The zero-order valence-corrected chi connectivity index (χ0v) is 10.9. The third kappa shape index (κ3) is 4.69. The molecule has 1 aromatic carbocycles. The van der Waals surface area contributed by atoms with Gasteiger partial charge in [0, 0.05) is 6.42 Å². The number of hydrogen-bond donors (Lipinski definition) is 4. The van der Waals surface area contributed by atoms with Gasteiger partial charge < -0.3 is 22.5 Å². The normalized spacial score (nSPS) is 13.2. The van der Waals surface area contributed by atoms with Crippen molar-refractivity contribution in [2.24, 2.45) is 17.2 Å². The lowest BCUT2D eigenvalue weighted by molar-refractivity contribution is -0.128. The maximum absolute atomic E-state index is 11.8. The first-order chi connectivity index (χ1) is 9.41. The van der Waals surface area contributed by atoms with Crippen LogP contribution in [0.5, 0.6) is 0 Å². The van der Waals surface area contributed by atoms with Gasteiger partial charge in [-0.05, 0) is 12.0 Å². The topological polar surface area (TPSA) is 141 Å². The van der Waals surface area contributed by atoms with Crippen molar-refractivity contribution in [3.8, 4) is 0 Å². The highest BCUT2D eigenvalue weighted by atomic mass is 16.2. The number of carbonyl (C=O) groups excluding carboxylic acids is 3. The lowest BCUT2D eigenvalue weighted by Crippen LogP contribution is -2.46. The first-order valence-electron chi connectivity index (χ1n) is 6.10. The van der Waals surface area contributed by atoms with Crippen molar-refractivity contribution in [1.82, 2.24) is 5.32 Å². The lowest BCUT2D eigenvalue weighted by atomic mass is 10.1. The van der Waals surface area contributed by atoms with Gasteiger partial charge in [0.25, 0.3) is 0 Å². The fourth-order valence-corrected chi connectivity index (χ4v) is 1.64. The molecule has 20 heavy (non-hydrogen) atoms. The Kier molecular flexibility index (Phi) is 5.67. The van der Waals surface area contributed by atoms with Crippen LogP contribution in [0.25, 0.3) is 0 Å². The Labute approximate surface area is 116 Å². The van der Waals surface area contributed by atoms with Crippen molar-refractivity contribution in [1.29, 1.82) is 0 Å². The molecule has 108 valence electrons. The molecule has 0 bridgehead atoms. The molecule has 1 rings (SSSR count). The van der Waals surface area contributed by atoms with E-state index in [0.29, 0.717) is 5.56 Å². The van der Waals surface area contributed by atoms with E-state index >= 15 is 0 Å². The summed E-state index contributed by atoms with van der Waals surface area (Å²) in [5.41, 5.74) is 16.4. The molecule has 0 aliphatic rings. The highest BCUT2D eigenvalue weighted by Crippen LogP contribution is 2.12. The molecule has 7 nitrogen and oxygen atoms in total. The maximum Gasteiger partial charge on any atom is 0.244 e. The zero-order chi connectivity index (χ0) is 15.1. The summed E-state index contributed by atoms with van der Waals surface area (Å²) >= 11 is 0. The Morgan fingerprint density at radius 1 is 1.10 bits per heavy atom. The average Bonchev–Trinajstić information content (AvgIpc) is 2.42. The summed E-state index contributed by atoms with van der Waals surface area (Å²) in [5, 5.41) is 2.47. The van der Waals surface area contributed by atoms with E-state index in [2.05, 4.69) is 5.32 Å². The van der Waals surface area contributed by atoms with Gasteiger partial charge in [-0.1, -0.05) is 30.3 Å². The van der Waals surface area contributed by atoms with Crippen LogP contribution in [-0.2, 0) is 14.4 Å². The standard InChI is InChI=1S/C13H18N4O3/c14-9(6-7-10(15)18)13(20)17-11(12(16)19)8-4-2-1-3-5-8/h1-5,9,11H,6-7,14H2,(H2,15,18)(H2,16,19)(H,17,20). The Hall–Kier alpha value is -2.41. The molecule has 2 unspecified atom stereocenters. The van der Waals surface area contributed by atoms with Crippen molar-refractivity contribution in [2.75, 3.05) is 0 Å². The minimum Gasteiger partial charge on any atom is -0.370 e. The van der Waals surface area contributed by atoms with Gasteiger partial charge in [-0.25, -0.2) is 0 Å². The molecule has 3 amide bonds. The van der Waals surface area contributed by atoms with Crippen molar-refractivity contribution < 1.29 is 14.4 Å². The smallest absolute Gasteiger partial charge is 0.244 e. The van der Waals surface area contributed by atoms with Crippen LogP contribution in [0.1, 0.15) is 24.4 Å². The van der Waals surface area contributed by atoms with E-state index in [0.717, 1.165) is 0 Å². The summed E-state index contributed by atoms with van der Waals surface area (Å²) in [5.74, 6) is -1.78. The Morgan fingerprint density at radius 2 is 1.70 bits per heavy atom. The fraction of sp³-hybridized carbons (Fsp3) is 0.308. The maximum atomic E-state index is 11.8. The van der Waals surface area contributed by atoms with Gasteiger partial charge in [-0.2, -0.15) is 0 Å². The highest BCUT2D eigenvalue weighted by molar-refractivity contribution is 5.90. The Balaban J connectivity index is 2.69. The number of amides is 3. The minimum atomic E-state index is -0.955. The molecule has 2 atom stereocenters. The highest BCUT2D eigenvalue weighted by Gasteiger charge is 2.23. The number of benzene rings is 1. The number of primary amides is 2. The number of rotatable bonds is 7. The molecule has 0 spiro atoms. The molecule has 0 aromatic heterocycles. The molecule has 7 N–H and O–H groups in total. The molecule has 0 aliphatic carbocycles. The van der Waals surface area contributed by atoms with Gasteiger partial charge in [0.15, 0.2) is 0 Å². The Morgan fingerprint density at radius 3 is 2.20 bits per heavy atom. The summed E-state index contributed by atoms with van der Waals surface area (Å²) in [6.07, 6.45) is 0.114. The SMILES string of the molecule is NC(=O)CCC(N)C(=O)NC(C(N)=O)c1ccccc1. The molecule has 0 saturated heterocycles. The van der Waals surface area contributed by atoms with Crippen LogP contribution >= 0.6 is 0 Å². The third-order valence-corrected chi connectivity index (χ3v) is 2.74. The zero-order valence-electron chi connectivity index (χ0n) is 10.9. The van der Waals surface area contributed by atoms with Crippen molar-refractivity contribution in [3.63, 3.8) is 0 Å². The van der Waals surface area contributed by atoms with Crippen LogP contribution in [0.4, 0.5) is 0 Å². The predicted molar refractivity (Wildman–Crippen MR) is 72.9 cm³/mol. The van der Waals surface area contributed by atoms with Gasteiger partial charge in [-0.15, -0.1) is 0 Å². The predicted octanol–water partition coefficient (Wildman–Crippen LogP) is -1.08. The molecule has 7 heteroatoms. The molecular weight excluding hydrogens is 260 g/mol. The molecule has 0 radical (unpaired) electrons. The van der Waals surface area contributed by atoms with Crippen LogP contribution in [-0.4, -0.2) is 23.8 Å². The summed E-state index contributed by atoms with van der Waals surface area (Å²) < 4.78 is 0. The number of hydrogen-bond acceptors (Lipinski definition) is 4. The van der Waals surface area contributed by atoms with Gasteiger partial charge in [0.05, 0.1) is 6.04 Å². The van der Waals surface area contributed by atoms with Crippen molar-refractivity contribution >= 4 is 17.7 Å². The summed E-state index contributed by atoms with van der Waals surface area (Å²) in [7, 11) is 0. The van der Waals surface area contributed by atoms with E-state index < -0.39 is 29.8 Å². The van der Waals surface area contributed by atoms with E-state index in [1.807, 2.05) is 0 Å². The monoisotopic (exact) mass is 278 g/mol. The van der Waals surface area contributed by atoms with Crippen LogP contribution < -0.4 is 22.5 Å². The van der Waals surface area contributed by atoms with E-state index in [4.69, 9.17) is 17.2 Å². The minimum absolute atomic E-state index is 0.00115. The third-order valence-electron chi connectivity index (χ3n) is 2.74. The molecule has 0 saturated carbocycles. The molecule has 0 aliphatic heterocycles. The number of nitrogens with one attached hydrogen (secondary N) is 1. The number of nitrogens with two attached hydrogens (primary N) is 3. The number of carbonyl (C=O) groups is 3.